The van der Waals surface area contributed by atoms with E-state index in [0.29, 0.717) is 12.3 Å². The first-order valence-corrected chi connectivity index (χ1v) is 4.72. The molecule has 0 aromatic heterocycles. The largest absolute Gasteiger partial charge is 0.298 e. The van der Waals surface area contributed by atoms with Gasteiger partial charge in [0, 0.05) is 17.5 Å². The molecule has 0 bridgehead atoms. The normalized spacial score (nSPS) is 28.4. The molecule has 0 aromatic carbocycles. The molecule has 2 fully saturated rings. The molecule has 1 aliphatic heterocycles. The zero-order chi connectivity index (χ0) is 8.98. The van der Waals surface area contributed by atoms with E-state index in [-0.39, 0.29) is 11.0 Å². The van der Waals surface area contributed by atoms with Crippen molar-refractivity contribution in [2.24, 2.45) is 5.41 Å². The van der Waals surface area contributed by atoms with Gasteiger partial charge in [0.25, 0.3) is 0 Å². The van der Waals surface area contributed by atoms with Gasteiger partial charge in [-0.15, -0.1) is 0 Å². The maximum atomic E-state index is 11.6. The first-order valence-electron chi connectivity index (χ1n) is 4.72. The van der Waals surface area contributed by atoms with Crippen LogP contribution in [0.3, 0.4) is 0 Å². The van der Waals surface area contributed by atoms with Gasteiger partial charge in [-0.3, -0.25) is 9.69 Å². The van der Waals surface area contributed by atoms with Crippen molar-refractivity contribution >= 4 is 5.78 Å². The van der Waals surface area contributed by atoms with Crippen molar-refractivity contribution in [2.45, 2.75) is 39.2 Å². The van der Waals surface area contributed by atoms with Crippen LogP contribution in [0.5, 0.6) is 0 Å². The quantitative estimate of drug-likeness (QED) is 0.544. The minimum Gasteiger partial charge on any atom is -0.298 e. The van der Waals surface area contributed by atoms with E-state index in [4.69, 9.17) is 0 Å². The second-order valence-electron chi connectivity index (χ2n) is 5.23. The Labute approximate surface area is 73.9 Å². The van der Waals surface area contributed by atoms with Gasteiger partial charge in [-0.05, 0) is 33.6 Å². The van der Waals surface area contributed by atoms with E-state index in [1.165, 1.54) is 0 Å². The molecular weight excluding hydrogens is 150 g/mol. The van der Waals surface area contributed by atoms with Crippen LogP contribution in [0.4, 0.5) is 0 Å². The van der Waals surface area contributed by atoms with Crippen LogP contribution in [0.1, 0.15) is 33.6 Å². The zero-order valence-electron chi connectivity index (χ0n) is 8.18. The molecule has 0 unspecified atom stereocenters. The molecule has 1 aliphatic carbocycles. The second-order valence-corrected chi connectivity index (χ2v) is 5.23. The third-order valence-corrected chi connectivity index (χ3v) is 3.22. The van der Waals surface area contributed by atoms with Gasteiger partial charge < -0.3 is 0 Å². The lowest BCUT2D eigenvalue weighted by Gasteiger charge is -2.30. The summed E-state index contributed by atoms with van der Waals surface area (Å²) in [6.07, 6.45) is 2.27. The molecular formula is C10H17NO. The minimum atomic E-state index is 0.118. The topological polar surface area (TPSA) is 20.3 Å². The molecule has 0 atom stereocenters. The summed E-state index contributed by atoms with van der Waals surface area (Å²) in [7, 11) is 0. The van der Waals surface area contributed by atoms with Gasteiger partial charge >= 0.3 is 0 Å². The molecule has 1 saturated heterocycles. The summed E-state index contributed by atoms with van der Waals surface area (Å²) in [5.41, 5.74) is 0.287. The van der Waals surface area contributed by atoms with Crippen molar-refractivity contribution in [2.75, 3.05) is 13.1 Å². The Bertz CT molecular complexity index is 222. The zero-order valence-corrected chi connectivity index (χ0v) is 8.18. The van der Waals surface area contributed by atoms with Gasteiger partial charge in [-0.25, -0.2) is 0 Å². The van der Waals surface area contributed by atoms with E-state index >= 15 is 0 Å². The van der Waals surface area contributed by atoms with E-state index in [1.807, 2.05) is 0 Å². The molecule has 0 aromatic rings. The van der Waals surface area contributed by atoms with Crippen molar-refractivity contribution in [3.8, 4) is 0 Å². The molecule has 2 aliphatic rings. The molecule has 1 heterocycles. The van der Waals surface area contributed by atoms with Crippen molar-refractivity contribution in [3.63, 3.8) is 0 Å². The fraction of sp³-hybridized carbons (Fsp3) is 0.900. The van der Waals surface area contributed by atoms with Crippen LogP contribution in [0.25, 0.3) is 0 Å². The van der Waals surface area contributed by atoms with Crippen LogP contribution in [0.15, 0.2) is 0 Å². The van der Waals surface area contributed by atoms with Gasteiger partial charge in [-0.1, -0.05) is 0 Å². The molecule has 68 valence electrons. The van der Waals surface area contributed by atoms with E-state index in [9.17, 15) is 4.79 Å². The SMILES string of the molecule is CC(C)(C)N1CC(=O)C2(CC2)C1. The molecule has 12 heavy (non-hydrogen) atoms. The standard InChI is InChI=1S/C10H17NO/c1-9(2,3)11-6-8(12)10(7-11)4-5-10/h4-7H2,1-3H3. The van der Waals surface area contributed by atoms with Crippen LogP contribution in [0.2, 0.25) is 0 Å². The summed E-state index contributed by atoms with van der Waals surface area (Å²) in [4.78, 5) is 13.9. The lowest BCUT2D eigenvalue weighted by Crippen LogP contribution is -2.39. The Morgan fingerprint density at radius 3 is 2.17 bits per heavy atom. The van der Waals surface area contributed by atoms with Crippen molar-refractivity contribution in [1.29, 1.82) is 0 Å². The summed E-state index contributed by atoms with van der Waals surface area (Å²) in [6, 6.07) is 0. The van der Waals surface area contributed by atoms with Gasteiger partial charge in [0.1, 0.15) is 0 Å². The molecule has 2 nitrogen and oxygen atoms in total. The summed E-state index contributed by atoms with van der Waals surface area (Å²) in [6.45, 7) is 8.24. The number of ketones is 1. The fourth-order valence-corrected chi connectivity index (χ4v) is 1.91. The highest BCUT2D eigenvalue weighted by atomic mass is 16.1. The third kappa shape index (κ3) is 1.09. The number of Topliss-reactive ketones (excluding diaryl/α,β-unsaturated/α-hetero) is 1. The summed E-state index contributed by atoms with van der Waals surface area (Å²) >= 11 is 0. The molecule has 0 amide bonds. The van der Waals surface area contributed by atoms with Gasteiger partial charge in [0.05, 0.1) is 6.54 Å². The Morgan fingerprint density at radius 1 is 1.33 bits per heavy atom. The number of likely N-dealkylation sites (tertiary alicyclic amines) is 1. The molecule has 2 heteroatoms. The lowest BCUT2D eigenvalue weighted by atomic mass is 10.1. The maximum absolute atomic E-state index is 11.6. The summed E-state index contributed by atoms with van der Waals surface area (Å²) in [5.74, 6) is 0.484. The van der Waals surface area contributed by atoms with Gasteiger partial charge in [0.2, 0.25) is 0 Å². The van der Waals surface area contributed by atoms with Gasteiger partial charge in [-0.2, -0.15) is 0 Å². The Morgan fingerprint density at radius 2 is 1.92 bits per heavy atom. The Balaban J connectivity index is 2.11. The minimum absolute atomic E-state index is 0.118. The highest BCUT2D eigenvalue weighted by molar-refractivity contribution is 5.91. The number of hydrogen-bond donors (Lipinski definition) is 0. The predicted molar refractivity (Wildman–Crippen MR) is 48.0 cm³/mol. The molecule has 1 spiro atoms. The average Bonchev–Trinajstić information content (AvgIpc) is 2.57. The number of carbonyl (C=O) groups is 1. The summed E-state index contributed by atoms with van der Waals surface area (Å²) in [5, 5.41) is 0. The number of carbonyl (C=O) groups excluding carboxylic acids is 1. The van der Waals surface area contributed by atoms with E-state index in [2.05, 4.69) is 25.7 Å². The van der Waals surface area contributed by atoms with Crippen LogP contribution in [0, 0.1) is 5.41 Å². The highest BCUT2D eigenvalue weighted by Crippen LogP contribution is 2.51. The average molecular weight is 167 g/mol. The van der Waals surface area contributed by atoms with E-state index < -0.39 is 0 Å². The second kappa shape index (κ2) is 2.11. The lowest BCUT2D eigenvalue weighted by molar-refractivity contribution is -0.121. The monoisotopic (exact) mass is 167 g/mol. The van der Waals surface area contributed by atoms with E-state index in [0.717, 1.165) is 19.4 Å². The Hall–Kier alpha value is -0.370. The number of rotatable bonds is 0. The first-order chi connectivity index (χ1) is 5.44. The van der Waals surface area contributed by atoms with Crippen molar-refractivity contribution < 1.29 is 4.79 Å². The molecule has 0 N–H and O–H groups in total. The third-order valence-electron chi connectivity index (χ3n) is 3.22. The summed E-state index contributed by atoms with van der Waals surface area (Å²) < 4.78 is 0. The van der Waals surface area contributed by atoms with Crippen LogP contribution < -0.4 is 0 Å². The predicted octanol–water partition coefficient (Wildman–Crippen LogP) is 1.45. The smallest absolute Gasteiger partial charge is 0.154 e. The van der Waals surface area contributed by atoms with Crippen LogP contribution in [-0.2, 0) is 4.79 Å². The Kier molecular flexibility index (Phi) is 1.45. The van der Waals surface area contributed by atoms with Gasteiger partial charge in [0.15, 0.2) is 5.78 Å². The molecule has 2 rings (SSSR count). The highest BCUT2D eigenvalue weighted by Gasteiger charge is 2.56. The fourth-order valence-electron chi connectivity index (χ4n) is 1.91. The first kappa shape index (κ1) is 8.24. The molecule has 0 radical (unpaired) electrons. The number of nitrogens with zero attached hydrogens (tertiary/aromatic N) is 1. The molecule has 1 saturated carbocycles. The van der Waals surface area contributed by atoms with E-state index in [1.54, 1.807) is 0 Å². The van der Waals surface area contributed by atoms with Crippen LogP contribution >= 0.6 is 0 Å². The van der Waals surface area contributed by atoms with Crippen molar-refractivity contribution in [1.82, 2.24) is 4.90 Å². The number of hydrogen-bond acceptors (Lipinski definition) is 2. The van der Waals surface area contributed by atoms with Crippen molar-refractivity contribution in [3.05, 3.63) is 0 Å². The van der Waals surface area contributed by atoms with Crippen LogP contribution in [-0.4, -0.2) is 29.3 Å². The maximum Gasteiger partial charge on any atom is 0.154 e.